The Hall–Kier alpha value is -4.04. The molecule has 5 rings (SSSR count). The van der Waals surface area contributed by atoms with E-state index in [0.29, 0.717) is 36.4 Å². The molecule has 13 heteroatoms. The molecule has 3 aromatic rings. The Labute approximate surface area is 280 Å². The molecule has 2 aliphatic heterocycles. The summed E-state index contributed by atoms with van der Waals surface area (Å²) in [6, 6.07) is 3.12. The molecule has 4 heterocycles. The number of rotatable bonds is 5. The van der Waals surface area contributed by atoms with Gasteiger partial charge in [-0.05, 0) is 62.2 Å². The van der Waals surface area contributed by atoms with Crippen molar-refractivity contribution in [2.24, 2.45) is 5.92 Å². The molecule has 0 saturated carbocycles. The van der Waals surface area contributed by atoms with Crippen LogP contribution in [0.25, 0.3) is 28.0 Å². The zero-order valence-corrected chi connectivity index (χ0v) is 28.1. The average Bonchev–Trinajstić information content (AvgIpc) is 3.02. The fraction of sp³-hybridized carbons (Fsp3) is 0.333. The first kappa shape index (κ1) is 33.3. The van der Waals surface area contributed by atoms with Gasteiger partial charge in [0.25, 0.3) is 5.56 Å². The number of carbonyl (C=O) groups is 1. The lowest BCUT2D eigenvalue weighted by atomic mass is 9.94. The minimum atomic E-state index is -0.985. The molecule has 46 heavy (non-hydrogen) atoms. The summed E-state index contributed by atoms with van der Waals surface area (Å²) in [5, 5.41) is 24.4. The molecule has 0 aliphatic carbocycles. The summed E-state index contributed by atoms with van der Waals surface area (Å²) in [4.78, 5) is 35.5. The number of benzene rings is 1. The number of allylic oxidation sites excluding steroid dienone is 2. The standard InChI is InChI=1S/C33H32Cl3FN6O3/c1-7-22(44)42-11-10-41(14-17(42)5)30-19-12-21(34)28(23-18(6)24(35)26(37)25(36)31(23)45)40-32(19)43(33(46)20(30)13-38)29-16(4)8-9-39-27(29)15(2)3/h7-9,12,15,17,27,39,45H,1,10-11,14H2,2-6H3/t17-,27?/m1/s1. The number of carbonyl (C=O) groups excluding carboxylic acids is 1. The molecular weight excluding hydrogens is 654 g/mol. The van der Waals surface area contributed by atoms with Crippen LogP contribution in [0.15, 0.2) is 41.4 Å². The Kier molecular flexibility index (Phi) is 9.15. The molecule has 2 aliphatic rings. The molecule has 1 amide bonds. The van der Waals surface area contributed by atoms with E-state index in [1.165, 1.54) is 17.6 Å². The number of nitrogens with zero attached hydrogens (tertiary/aromatic N) is 5. The van der Waals surface area contributed by atoms with Crippen molar-refractivity contribution in [2.45, 2.75) is 46.7 Å². The van der Waals surface area contributed by atoms with E-state index in [4.69, 9.17) is 39.8 Å². The fourth-order valence-electron chi connectivity index (χ4n) is 6.26. The van der Waals surface area contributed by atoms with Gasteiger partial charge < -0.3 is 20.2 Å². The number of fused-ring (bicyclic) bond motifs is 1. The topological polar surface area (TPSA) is 114 Å². The van der Waals surface area contributed by atoms with Crippen molar-refractivity contribution in [3.63, 3.8) is 0 Å². The first-order valence-corrected chi connectivity index (χ1v) is 15.8. The molecule has 0 spiro atoms. The summed E-state index contributed by atoms with van der Waals surface area (Å²) in [5.41, 5.74) is 1.29. The van der Waals surface area contributed by atoms with E-state index < -0.39 is 22.1 Å². The van der Waals surface area contributed by atoms with Crippen LogP contribution in [0, 0.1) is 30.0 Å². The lowest BCUT2D eigenvalue weighted by molar-refractivity contribution is -0.128. The van der Waals surface area contributed by atoms with E-state index in [0.717, 1.165) is 5.57 Å². The van der Waals surface area contributed by atoms with Crippen molar-refractivity contribution in [1.29, 1.82) is 5.26 Å². The molecule has 1 saturated heterocycles. The van der Waals surface area contributed by atoms with Gasteiger partial charge in [-0.2, -0.15) is 5.26 Å². The van der Waals surface area contributed by atoms with E-state index in [-0.39, 0.29) is 62.0 Å². The molecule has 2 atom stereocenters. The van der Waals surface area contributed by atoms with Gasteiger partial charge in [-0.25, -0.2) is 9.37 Å². The number of nitriles is 1. The van der Waals surface area contributed by atoms with Gasteiger partial charge >= 0.3 is 0 Å². The van der Waals surface area contributed by atoms with Crippen LogP contribution in [0.3, 0.4) is 0 Å². The highest BCUT2D eigenvalue weighted by Crippen LogP contribution is 2.46. The normalized spacial score (nSPS) is 18.3. The molecule has 0 radical (unpaired) electrons. The molecule has 0 bridgehead atoms. The number of halogens is 4. The van der Waals surface area contributed by atoms with Gasteiger partial charge in [0.05, 0.1) is 33.2 Å². The maximum Gasteiger partial charge on any atom is 0.276 e. The number of piperazine rings is 1. The zero-order chi connectivity index (χ0) is 33.8. The number of aromatic hydroxyl groups is 1. The lowest BCUT2D eigenvalue weighted by Gasteiger charge is -2.41. The van der Waals surface area contributed by atoms with Crippen LogP contribution in [0.2, 0.25) is 15.1 Å². The van der Waals surface area contributed by atoms with Crippen molar-refractivity contribution in [3.05, 3.63) is 78.9 Å². The van der Waals surface area contributed by atoms with Gasteiger partial charge in [-0.1, -0.05) is 55.2 Å². The van der Waals surface area contributed by atoms with Gasteiger partial charge in [-0.15, -0.1) is 0 Å². The van der Waals surface area contributed by atoms with E-state index in [1.54, 1.807) is 17.2 Å². The molecule has 2 N–H and O–H groups in total. The van der Waals surface area contributed by atoms with Crippen LogP contribution < -0.4 is 15.8 Å². The summed E-state index contributed by atoms with van der Waals surface area (Å²) < 4.78 is 16.1. The van der Waals surface area contributed by atoms with Crippen molar-refractivity contribution in [2.75, 3.05) is 24.5 Å². The van der Waals surface area contributed by atoms with E-state index >= 15 is 0 Å². The third-order valence-electron chi connectivity index (χ3n) is 8.58. The third-order valence-corrected chi connectivity index (χ3v) is 9.66. The van der Waals surface area contributed by atoms with Gasteiger partial charge in [0.15, 0.2) is 5.82 Å². The van der Waals surface area contributed by atoms with Crippen molar-refractivity contribution in [3.8, 4) is 23.1 Å². The van der Waals surface area contributed by atoms with Crippen molar-refractivity contribution < 1.29 is 14.3 Å². The summed E-state index contributed by atoms with van der Waals surface area (Å²) in [5.74, 6) is -1.78. The first-order valence-electron chi connectivity index (χ1n) is 14.6. The Balaban J connectivity index is 1.91. The minimum Gasteiger partial charge on any atom is -0.506 e. The van der Waals surface area contributed by atoms with E-state index in [1.807, 2.05) is 38.7 Å². The Bertz CT molecular complexity index is 1950. The highest BCUT2D eigenvalue weighted by atomic mass is 35.5. The van der Waals surface area contributed by atoms with Gasteiger partial charge in [0.1, 0.15) is 28.1 Å². The summed E-state index contributed by atoms with van der Waals surface area (Å²) in [6.07, 6.45) is 4.89. The molecule has 1 fully saturated rings. The van der Waals surface area contributed by atoms with Gasteiger partial charge in [0.2, 0.25) is 5.91 Å². The van der Waals surface area contributed by atoms with Crippen LogP contribution in [-0.2, 0) is 4.79 Å². The summed E-state index contributed by atoms with van der Waals surface area (Å²) in [7, 11) is 0. The molecule has 9 nitrogen and oxygen atoms in total. The van der Waals surface area contributed by atoms with Crippen LogP contribution >= 0.6 is 34.8 Å². The maximum atomic E-state index is 14.7. The van der Waals surface area contributed by atoms with E-state index in [9.17, 15) is 24.3 Å². The Morgan fingerprint density at radius 3 is 2.57 bits per heavy atom. The Morgan fingerprint density at radius 2 is 1.96 bits per heavy atom. The second-order valence-electron chi connectivity index (χ2n) is 11.8. The minimum absolute atomic E-state index is 0.00570. The number of amides is 1. The fourth-order valence-corrected chi connectivity index (χ4v) is 6.94. The smallest absolute Gasteiger partial charge is 0.276 e. The molecule has 1 aromatic carbocycles. The third kappa shape index (κ3) is 5.30. The lowest BCUT2D eigenvalue weighted by Crippen LogP contribution is -2.54. The monoisotopic (exact) mass is 684 g/mol. The zero-order valence-electron chi connectivity index (χ0n) is 25.9. The number of anilines is 1. The van der Waals surface area contributed by atoms with Crippen LogP contribution in [-0.4, -0.2) is 57.2 Å². The Morgan fingerprint density at radius 1 is 1.26 bits per heavy atom. The number of phenolic OH excluding ortho intramolecular Hbond substituents is 1. The summed E-state index contributed by atoms with van der Waals surface area (Å²) in [6.45, 7) is 13.8. The average molecular weight is 686 g/mol. The number of hydrogen-bond donors (Lipinski definition) is 2. The quantitative estimate of drug-likeness (QED) is 0.229. The van der Waals surface area contributed by atoms with E-state index in [2.05, 4.69) is 18.0 Å². The van der Waals surface area contributed by atoms with Crippen LogP contribution in [0.4, 0.5) is 10.1 Å². The SMILES string of the molecule is C=CC(=O)N1CCN(c2c(C#N)c(=O)n(C3=C(C)C=CNC3C(C)C)c3nc(-c4c(C)c(Cl)c(F)c(Cl)c4O)c(Cl)cc23)C[C@H]1C. The highest BCUT2D eigenvalue weighted by Gasteiger charge is 2.34. The number of aromatic nitrogens is 2. The highest BCUT2D eigenvalue weighted by molar-refractivity contribution is 6.38. The molecule has 2 aromatic heterocycles. The number of phenols is 1. The van der Waals surface area contributed by atoms with Crippen molar-refractivity contribution >= 4 is 63.1 Å². The van der Waals surface area contributed by atoms with Crippen LogP contribution in [0.1, 0.15) is 38.8 Å². The largest absolute Gasteiger partial charge is 0.506 e. The summed E-state index contributed by atoms with van der Waals surface area (Å²) >= 11 is 19.3. The predicted octanol–water partition coefficient (Wildman–Crippen LogP) is 6.64. The molecule has 240 valence electrons. The van der Waals surface area contributed by atoms with Gasteiger partial charge in [-0.3, -0.25) is 14.2 Å². The van der Waals surface area contributed by atoms with Gasteiger partial charge in [0, 0.05) is 36.6 Å². The van der Waals surface area contributed by atoms with Crippen LogP contribution in [0.5, 0.6) is 5.75 Å². The number of pyridine rings is 2. The second kappa shape index (κ2) is 12.6. The number of hydrogen-bond acceptors (Lipinski definition) is 7. The van der Waals surface area contributed by atoms with Crippen molar-refractivity contribution in [1.82, 2.24) is 19.8 Å². The number of nitrogens with one attached hydrogen (secondary N) is 1. The molecular formula is C33H32Cl3FN6O3. The predicted molar refractivity (Wildman–Crippen MR) is 181 cm³/mol. The second-order valence-corrected chi connectivity index (χ2v) is 12.9. The number of dihydropyridines is 1. The first-order chi connectivity index (χ1) is 21.7. The molecule has 1 unspecified atom stereocenters. The maximum absolute atomic E-state index is 14.7.